The van der Waals surface area contributed by atoms with Gasteiger partial charge in [-0.15, -0.1) is 0 Å². The van der Waals surface area contributed by atoms with Crippen LogP contribution in [-0.4, -0.2) is 40.5 Å². The molecule has 3 unspecified atom stereocenters. The predicted octanol–water partition coefficient (Wildman–Crippen LogP) is 7.65. The minimum atomic E-state index is -0.917. The fourth-order valence-electron chi connectivity index (χ4n) is 4.97. The van der Waals surface area contributed by atoms with Crippen LogP contribution in [0.1, 0.15) is 85.4 Å². The lowest BCUT2D eigenvalue weighted by atomic mass is 9.96. The van der Waals surface area contributed by atoms with Gasteiger partial charge in [0.25, 0.3) is 5.91 Å². The SMILES string of the molecule is CCc1ccc(C(C(=O)Nc2ccc3ccccc3c2)N(C(=O)C(CC(C)C)NC(=O)OC(C)(C)C)C(C)CC)cc1. The van der Waals surface area contributed by atoms with E-state index in [1.165, 1.54) is 0 Å². The molecule has 0 fully saturated rings. The fraction of sp³-hybridized carbons (Fsp3) is 0.457. The molecule has 3 rings (SSSR count). The van der Waals surface area contributed by atoms with Crippen molar-refractivity contribution in [3.63, 3.8) is 0 Å². The average molecular weight is 574 g/mol. The summed E-state index contributed by atoms with van der Waals surface area (Å²) in [7, 11) is 0. The molecule has 0 radical (unpaired) electrons. The molecule has 0 aliphatic carbocycles. The Kier molecular flexibility index (Phi) is 11.1. The molecule has 0 aliphatic heterocycles. The van der Waals surface area contributed by atoms with Crippen molar-refractivity contribution in [1.82, 2.24) is 10.2 Å². The summed E-state index contributed by atoms with van der Waals surface area (Å²) in [5.41, 5.74) is 1.78. The van der Waals surface area contributed by atoms with E-state index in [1.54, 1.807) is 25.7 Å². The Balaban J connectivity index is 2.06. The third kappa shape index (κ3) is 8.81. The maximum Gasteiger partial charge on any atom is 0.408 e. The van der Waals surface area contributed by atoms with Gasteiger partial charge in [0.05, 0.1) is 0 Å². The van der Waals surface area contributed by atoms with Gasteiger partial charge in [-0.2, -0.15) is 0 Å². The number of hydrogen-bond acceptors (Lipinski definition) is 4. The smallest absolute Gasteiger partial charge is 0.408 e. The molecule has 0 spiro atoms. The molecule has 0 saturated heterocycles. The Labute approximate surface area is 251 Å². The molecule has 3 amide bonds. The lowest BCUT2D eigenvalue weighted by molar-refractivity contribution is -0.143. The third-order valence-corrected chi connectivity index (χ3v) is 7.26. The zero-order valence-electron chi connectivity index (χ0n) is 26.4. The van der Waals surface area contributed by atoms with Crippen molar-refractivity contribution in [2.45, 2.75) is 98.4 Å². The van der Waals surface area contributed by atoms with Gasteiger partial charge >= 0.3 is 6.09 Å². The molecule has 3 atom stereocenters. The topological polar surface area (TPSA) is 87.7 Å². The number of amides is 3. The van der Waals surface area contributed by atoms with Gasteiger partial charge in [0, 0.05) is 11.7 Å². The Hall–Kier alpha value is -3.87. The number of rotatable bonds is 11. The molecule has 0 aromatic heterocycles. The maximum absolute atomic E-state index is 14.4. The van der Waals surface area contributed by atoms with Crippen LogP contribution >= 0.6 is 0 Å². The summed E-state index contributed by atoms with van der Waals surface area (Å²) in [6.45, 7) is 15.3. The first-order valence-electron chi connectivity index (χ1n) is 15.0. The van der Waals surface area contributed by atoms with Gasteiger partial charge in [0.2, 0.25) is 5.91 Å². The molecule has 42 heavy (non-hydrogen) atoms. The number of benzene rings is 3. The quantitative estimate of drug-likeness (QED) is 0.247. The Morgan fingerprint density at radius 3 is 2.10 bits per heavy atom. The second-order valence-electron chi connectivity index (χ2n) is 12.4. The lowest BCUT2D eigenvalue weighted by Crippen LogP contribution is -2.55. The Morgan fingerprint density at radius 2 is 1.52 bits per heavy atom. The van der Waals surface area contributed by atoms with E-state index < -0.39 is 23.8 Å². The van der Waals surface area contributed by atoms with Crippen LogP contribution < -0.4 is 10.6 Å². The molecular formula is C35H47N3O4. The molecular weight excluding hydrogens is 526 g/mol. The van der Waals surface area contributed by atoms with Crippen molar-refractivity contribution in [2.24, 2.45) is 5.92 Å². The second kappa shape index (κ2) is 14.3. The van der Waals surface area contributed by atoms with Crippen LogP contribution in [0.4, 0.5) is 10.5 Å². The third-order valence-electron chi connectivity index (χ3n) is 7.26. The summed E-state index contributed by atoms with van der Waals surface area (Å²) in [4.78, 5) is 43.1. The van der Waals surface area contributed by atoms with Crippen LogP contribution in [0.25, 0.3) is 10.8 Å². The summed E-state index contributed by atoms with van der Waals surface area (Å²) >= 11 is 0. The van der Waals surface area contributed by atoms with Crippen LogP contribution in [0.2, 0.25) is 0 Å². The highest BCUT2D eigenvalue weighted by Crippen LogP contribution is 2.29. The van der Waals surface area contributed by atoms with E-state index in [1.807, 2.05) is 94.4 Å². The number of ether oxygens (including phenoxy) is 1. The number of fused-ring (bicyclic) bond motifs is 1. The van der Waals surface area contributed by atoms with Crippen molar-refractivity contribution >= 4 is 34.4 Å². The van der Waals surface area contributed by atoms with Crippen molar-refractivity contribution < 1.29 is 19.1 Å². The van der Waals surface area contributed by atoms with Gasteiger partial charge in [0.1, 0.15) is 17.7 Å². The number of nitrogens with one attached hydrogen (secondary N) is 2. The summed E-state index contributed by atoms with van der Waals surface area (Å²) in [6.07, 6.45) is 1.23. The molecule has 0 heterocycles. The zero-order chi connectivity index (χ0) is 31.0. The van der Waals surface area contributed by atoms with Crippen molar-refractivity contribution in [3.05, 3.63) is 77.9 Å². The van der Waals surface area contributed by atoms with Gasteiger partial charge < -0.3 is 20.3 Å². The molecule has 3 aromatic carbocycles. The van der Waals surface area contributed by atoms with Gasteiger partial charge in [-0.3, -0.25) is 9.59 Å². The van der Waals surface area contributed by atoms with E-state index in [2.05, 4.69) is 17.6 Å². The molecule has 0 aliphatic rings. The van der Waals surface area contributed by atoms with Crippen LogP contribution in [0.5, 0.6) is 0 Å². The maximum atomic E-state index is 14.4. The second-order valence-corrected chi connectivity index (χ2v) is 12.4. The number of hydrogen-bond donors (Lipinski definition) is 2. The molecule has 0 bridgehead atoms. The summed E-state index contributed by atoms with van der Waals surface area (Å²) in [5, 5.41) is 7.98. The lowest BCUT2D eigenvalue weighted by Gasteiger charge is -2.38. The van der Waals surface area contributed by atoms with Crippen LogP contribution in [0.3, 0.4) is 0 Å². The van der Waals surface area contributed by atoms with Crippen LogP contribution in [0, 0.1) is 5.92 Å². The molecule has 226 valence electrons. The minimum Gasteiger partial charge on any atom is -0.444 e. The van der Waals surface area contributed by atoms with E-state index >= 15 is 0 Å². The number of carbonyl (C=O) groups excluding carboxylic acids is 3. The van der Waals surface area contributed by atoms with Gasteiger partial charge in [-0.25, -0.2) is 4.79 Å². The first kappa shape index (κ1) is 32.6. The number of aryl methyl sites for hydroxylation is 1. The summed E-state index contributed by atoms with van der Waals surface area (Å²) < 4.78 is 5.50. The monoisotopic (exact) mass is 573 g/mol. The first-order valence-corrected chi connectivity index (χ1v) is 15.0. The molecule has 7 heteroatoms. The Morgan fingerprint density at radius 1 is 0.881 bits per heavy atom. The van der Waals surface area contributed by atoms with Gasteiger partial charge in [-0.05, 0) is 86.9 Å². The fourth-order valence-corrected chi connectivity index (χ4v) is 4.97. The highest BCUT2D eigenvalue weighted by Gasteiger charge is 2.38. The highest BCUT2D eigenvalue weighted by molar-refractivity contribution is 6.00. The van der Waals surface area contributed by atoms with Crippen molar-refractivity contribution in [1.29, 1.82) is 0 Å². The number of anilines is 1. The Bertz CT molecular complexity index is 1360. The van der Waals surface area contributed by atoms with Gasteiger partial charge in [0.15, 0.2) is 0 Å². The minimum absolute atomic E-state index is 0.112. The summed E-state index contributed by atoms with van der Waals surface area (Å²) in [5.74, 6) is -0.521. The standard InChI is InChI=1S/C35H47N3O4/c1-9-24(5)38(33(40)30(21-23(3)4)37-34(41)42-35(6,7)8)31(27-17-15-25(10-2)16-18-27)32(39)36-29-20-19-26-13-11-12-14-28(26)22-29/h11-20,22-24,30-31H,9-10,21H2,1-8H3,(H,36,39)(H,37,41). The van der Waals surface area contributed by atoms with Crippen LogP contribution in [-0.2, 0) is 20.7 Å². The zero-order valence-corrected chi connectivity index (χ0v) is 26.4. The molecule has 3 aromatic rings. The van der Waals surface area contributed by atoms with Crippen LogP contribution in [0.15, 0.2) is 66.7 Å². The normalized spacial score (nSPS) is 13.7. The van der Waals surface area contributed by atoms with E-state index in [-0.39, 0.29) is 23.8 Å². The first-order chi connectivity index (χ1) is 19.8. The molecule has 2 N–H and O–H groups in total. The summed E-state index contributed by atoms with van der Waals surface area (Å²) in [6, 6.07) is 19.5. The number of nitrogens with zero attached hydrogens (tertiary/aromatic N) is 1. The molecule has 7 nitrogen and oxygen atoms in total. The van der Waals surface area contributed by atoms with Crippen molar-refractivity contribution in [2.75, 3.05) is 5.32 Å². The van der Waals surface area contributed by atoms with E-state index in [9.17, 15) is 14.4 Å². The number of carbonyl (C=O) groups is 3. The molecule has 0 saturated carbocycles. The predicted molar refractivity (Wildman–Crippen MR) is 170 cm³/mol. The van der Waals surface area contributed by atoms with Crippen molar-refractivity contribution in [3.8, 4) is 0 Å². The van der Waals surface area contributed by atoms with E-state index in [4.69, 9.17) is 4.74 Å². The van der Waals surface area contributed by atoms with E-state index in [0.29, 0.717) is 24.1 Å². The largest absolute Gasteiger partial charge is 0.444 e. The van der Waals surface area contributed by atoms with E-state index in [0.717, 1.165) is 22.8 Å². The van der Waals surface area contributed by atoms with Gasteiger partial charge in [-0.1, -0.05) is 82.3 Å². The number of alkyl carbamates (subject to hydrolysis) is 1. The average Bonchev–Trinajstić information content (AvgIpc) is 2.93. The highest BCUT2D eigenvalue weighted by atomic mass is 16.6.